The molecule has 1 aliphatic rings. The van der Waals surface area contributed by atoms with Crippen LogP contribution in [0.4, 0.5) is 10.5 Å². The maximum Gasteiger partial charge on any atom is 0.312 e. The Labute approximate surface area is 250 Å². The minimum absolute atomic E-state index is 0.0841. The molecule has 2 rings (SSSR count). The van der Waals surface area contributed by atoms with Gasteiger partial charge in [0.05, 0.1) is 5.92 Å². The van der Waals surface area contributed by atoms with E-state index in [2.05, 4.69) is 21.3 Å². The van der Waals surface area contributed by atoms with E-state index in [0.717, 1.165) is 22.6 Å². The van der Waals surface area contributed by atoms with Crippen LogP contribution in [-0.4, -0.2) is 71.6 Å². The number of hydrogen-bond acceptors (Lipinski definition) is 8. The van der Waals surface area contributed by atoms with Gasteiger partial charge in [-0.15, -0.1) is 0 Å². The lowest BCUT2D eigenvalue weighted by atomic mass is 9.99. The Kier molecular flexibility index (Phi) is 13.3. The first-order chi connectivity index (χ1) is 20.3. The smallest absolute Gasteiger partial charge is 0.312 e. The highest BCUT2D eigenvalue weighted by Crippen LogP contribution is 2.15. The molecule has 1 unspecified atom stereocenters. The van der Waals surface area contributed by atoms with E-state index >= 15 is 0 Å². The average molecular weight is 601 g/mol. The minimum Gasteiger partial charge on any atom is -0.461 e. The van der Waals surface area contributed by atoms with Crippen LogP contribution in [0.5, 0.6) is 0 Å². The minimum atomic E-state index is -1.03. The summed E-state index contributed by atoms with van der Waals surface area (Å²) in [5.74, 6) is -3.14. The van der Waals surface area contributed by atoms with Crippen LogP contribution < -0.4 is 27.0 Å². The van der Waals surface area contributed by atoms with E-state index in [1.807, 2.05) is 13.8 Å². The van der Waals surface area contributed by atoms with Crippen molar-refractivity contribution >= 4 is 47.2 Å². The lowest BCUT2D eigenvalue weighted by Crippen LogP contribution is -2.52. The Balaban J connectivity index is 1.94. The molecule has 43 heavy (non-hydrogen) atoms. The highest BCUT2D eigenvalue weighted by atomic mass is 16.5. The summed E-state index contributed by atoms with van der Waals surface area (Å²) in [5.41, 5.74) is 6.25. The first kappa shape index (κ1) is 34.5. The summed E-state index contributed by atoms with van der Waals surface area (Å²) in [7, 11) is 0. The number of esters is 1. The van der Waals surface area contributed by atoms with Crippen LogP contribution in [0.25, 0.3) is 0 Å². The van der Waals surface area contributed by atoms with E-state index in [4.69, 9.17) is 10.5 Å². The summed E-state index contributed by atoms with van der Waals surface area (Å²) in [4.78, 5) is 85.5. The van der Waals surface area contributed by atoms with Crippen LogP contribution >= 0.6 is 0 Å². The van der Waals surface area contributed by atoms with Gasteiger partial charge in [-0.3, -0.25) is 33.7 Å². The predicted molar refractivity (Wildman–Crippen MR) is 156 cm³/mol. The Morgan fingerprint density at radius 3 is 2.12 bits per heavy atom. The second kappa shape index (κ2) is 16.6. The highest BCUT2D eigenvalue weighted by Gasteiger charge is 2.26. The highest BCUT2D eigenvalue weighted by molar-refractivity contribution is 6.13. The molecule has 0 radical (unpaired) electrons. The van der Waals surface area contributed by atoms with Crippen LogP contribution in [0.1, 0.15) is 52.5 Å². The number of nitrogens with two attached hydrogens (primary N) is 1. The number of amides is 7. The molecule has 14 nitrogen and oxygen atoms in total. The van der Waals surface area contributed by atoms with Crippen molar-refractivity contribution in [1.82, 2.24) is 20.9 Å². The molecule has 1 heterocycles. The molecule has 0 aliphatic carbocycles. The number of imide groups is 1. The van der Waals surface area contributed by atoms with E-state index in [0.29, 0.717) is 12.1 Å². The number of carbonyl (C=O) groups excluding carboxylic acids is 7. The fourth-order valence-electron chi connectivity index (χ4n) is 3.80. The fourth-order valence-corrected chi connectivity index (χ4v) is 3.80. The summed E-state index contributed by atoms with van der Waals surface area (Å²) in [6.07, 6.45) is 2.48. The van der Waals surface area contributed by atoms with Gasteiger partial charge < -0.3 is 31.7 Å². The third-order valence-electron chi connectivity index (χ3n) is 6.81. The number of nitrogens with one attached hydrogen (secondary N) is 4. The number of primary amides is 1. The van der Waals surface area contributed by atoms with Gasteiger partial charge in [-0.1, -0.05) is 32.9 Å². The lowest BCUT2D eigenvalue weighted by Gasteiger charge is -2.22. The van der Waals surface area contributed by atoms with E-state index in [-0.39, 0.29) is 50.3 Å². The van der Waals surface area contributed by atoms with E-state index in [9.17, 15) is 33.6 Å². The topological polar surface area (TPSA) is 206 Å². The van der Waals surface area contributed by atoms with Crippen molar-refractivity contribution in [1.29, 1.82) is 0 Å². The zero-order valence-corrected chi connectivity index (χ0v) is 24.8. The molecule has 7 amide bonds. The van der Waals surface area contributed by atoms with Gasteiger partial charge in [-0.25, -0.2) is 4.79 Å². The van der Waals surface area contributed by atoms with E-state index in [1.54, 1.807) is 31.2 Å². The van der Waals surface area contributed by atoms with Crippen molar-refractivity contribution < 1.29 is 38.3 Å². The third kappa shape index (κ3) is 11.6. The van der Waals surface area contributed by atoms with Crippen LogP contribution in [0.15, 0.2) is 36.4 Å². The van der Waals surface area contributed by atoms with Gasteiger partial charge in [0.15, 0.2) is 0 Å². The quantitative estimate of drug-likeness (QED) is 0.104. The number of anilines is 1. The molecule has 1 aliphatic heterocycles. The number of rotatable bonds is 16. The number of benzene rings is 1. The number of urea groups is 1. The molecule has 0 saturated heterocycles. The largest absolute Gasteiger partial charge is 0.461 e. The molecule has 0 aromatic heterocycles. The first-order valence-electron chi connectivity index (χ1n) is 14.0. The van der Waals surface area contributed by atoms with Gasteiger partial charge in [-0.05, 0) is 43.4 Å². The summed E-state index contributed by atoms with van der Waals surface area (Å²) >= 11 is 0. The molecular formula is C29H40N6O8. The Bertz CT molecular complexity index is 1210. The number of hydrogen-bond donors (Lipinski definition) is 5. The maximum absolute atomic E-state index is 13.1. The van der Waals surface area contributed by atoms with Crippen molar-refractivity contribution in [2.45, 2.75) is 65.6 Å². The molecule has 1 aromatic carbocycles. The van der Waals surface area contributed by atoms with Gasteiger partial charge in [0, 0.05) is 37.3 Å². The van der Waals surface area contributed by atoms with Crippen molar-refractivity contribution in [2.75, 3.05) is 18.4 Å². The van der Waals surface area contributed by atoms with Gasteiger partial charge >= 0.3 is 12.0 Å². The molecule has 0 saturated carbocycles. The SMILES string of the molecule is CC(C)C(C)C(=O)OCc1ccc(NC(=O)[C@H](CCCNC(N)=O)NC(=O)[C@H](C)NC(=O)CCN2C(=O)C=CC2=O)cc1. The lowest BCUT2D eigenvalue weighted by molar-refractivity contribution is -0.150. The van der Waals surface area contributed by atoms with Crippen LogP contribution in [0.3, 0.4) is 0 Å². The Hall–Kier alpha value is -4.75. The monoisotopic (exact) mass is 600 g/mol. The summed E-state index contributed by atoms with van der Waals surface area (Å²) < 4.78 is 5.35. The molecule has 6 N–H and O–H groups in total. The summed E-state index contributed by atoms with van der Waals surface area (Å²) in [6.45, 7) is 7.23. The molecular weight excluding hydrogens is 560 g/mol. The van der Waals surface area contributed by atoms with Crippen molar-refractivity contribution in [3.8, 4) is 0 Å². The normalized spacial score (nSPS) is 14.6. The predicted octanol–water partition coefficient (Wildman–Crippen LogP) is 0.714. The second-order valence-electron chi connectivity index (χ2n) is 10.5. The van der Waals surface area contributed by atoms with Crippen molar-refractivity contribution in [3.63, 3.8) is 0 Å². The molecule has 0 bridgehead atoms. The van der Waals surface area contributed by atoms with Gasteiger partial charge in [0.25, 0.3) is 11.8 Å². The van der Waals surface area contributed by atoms with Crippen LogP contribution in [0.2, 0.25) is 0 Å². The van der Waals surface area contributed by atoms with Gasteiger partial charge in [0.2, 0.25) is 17.7 Å². The van der Waals surface area contributed by atoms with Crippen LogP contribution in [0, 0.1) is 11.8 Å². The fraction of sp³-hybridized carbons (Fsp3) is 0.483. The Morgan fingerprint density at radius 2 is 1.53 bits per heavy atom. The number of nitrogens with zero attached hydrogens (tertiary/aromatic N) is 1. The maximum atomic E-state index is 13.1. The average Bonchev–Trinajstić information content (AvgIpc) is 3.28. The van der Waals surface area contributed by atoms with E-state index < -0.39 is 47.7 Å². The Morgan fingerprint density at radius 1 is 0.907 bits per heavy atom. The standard InChI is InChI=1S/C29H40N6O8/c1-17(2)18(3)28(41)43-16-20-7-9-21(10-8-20)33-27(40)22(6-5-14-31-29(30)42)34-26(39)19(4)32-23(36)13-15-35-24(37)11-12-25(35)38/h7-12,17-19,22H,5-6,13-16H2,1-4H3,(H,32,36)(H,33,40)(H,34,39)(H3,30,31,42)/t18?,19-,22-/m0/s1. The zero-order valence-electron chi connectivity index (χ0n) is 24.8. The van der Waals surface area contributed by atoms with E-state index in [1.165, 1.54) is 6.92 Å². The molecule has 234 valence electrons. The zero-order chi connectivity index (χ0) is 32.1. The number of ether oxygens (including phenoxy) is 1. The second-order valence-corrected chi connectivity index (χ2v) is 10.5. The summed E-state index contributed by atoms with van der Waals surface area (Å²) in [6, 6.07) is 3.89. The molecule has 0 fully saturated rings. The third-order valence-corrected chi connectivity index (χ3v) is 6.81. The first-order valence-corrected chi connectivity index (χ1v) is 14.0. The summed E-state index contributed by atoms with van der Waals surface area (Å²) in [5, 5.41) is 10.2. The van der Waals surface area contributed by atoms with Crippen molar-refractivity contribution in [2.24, 2.45) is 17.6 Å². The van der Waals surface area contributed by atoms with Gasteiger partial charge in [-0.2, -0.15) is 0 Å². The molecule has 0 spiro atoms. The molecule has 14 heteroatoms. The van der Waals surface area contributed by atoms with Crippen LogP contribution in [-0.2, 0) is 40.1 Å². The molecule has 1 aromatic rings. The van der Waals surface area contributed by atoms with Gasteiger partial charge in [0.1, 0.15) is 18.7 Å². The van der Waals surface area contributed by atoms with Crippen molar-refractivity contribution in [3.05, 3.63) is 42.0 Å². The number of carbonyl (C=O) groups is 7. The molecule has 3 atom stereocenters.